The van der Waals surface area contributed by atoms with Gasteiger partial charge in [0, 0.05) is 12.1 Å². The number of aromatic nitrogens is 2. The third kappa shape index (κ3) is 3.98. The third-order valence-corrected chi connectivity index (χ3v) is 8.88. The third-order valence-electron chi connectivity index (χ3n) is 8.88. The van der Waals surface area contributed by atoms with Crippen molar-refractivity contribution in [3.05, 3.63) is 118 Å². The van der Waals surface area contributed by atoms with Gasteiger partial charge in [-0.05, 0) is 94.2 Å². The molecule has 1 unspecified atom stereocenters. The molecule has 37 heavy (non-hydrogen) atoms. The van der Waals surface area contributed by atoms with Crippen LogP contribution < -0.4 is 5.73 Å². The zero-order valence-electron chi connectivity index (χ0n) is 21.3. The molecule has 1 aromatic heterocycles. The van der Waals surface area contributed by atoms with Crippen molar-refractivity contribution in [2.24, 2.45) is 0 Å². The maximum Gasteiger partial charge on any atom is 0.220 e. The molecule has 0 aliphatic heterocycles. The van der Waals surface area contributed by atoms with E-state index in [1.54, 1.807) is 6.20 Å². The molecule has 3 aliphatic rings. The van der Waals surface area contributed by atoms with Gasteiger partial charge in [0.2, 0.25) is 5.95 Å². The second kappa shape index (κ2) is 9.30. The zero-order chi connectivity index (χ0) is 24.8. The Hall–Kier alpha value is -3.72. The predicted octanol–water partition coefficient (Wildman–Crippen LogP) is 7.64. The molecule has 0 radical (unpaired) electrons. The summed E-state index contributed by atoms with van der Waals surface area (Å²) < 4.78 is 0. The summed E-state index contributed by atoms with van der Waals surface area (Å²) in [4.78, 5) is 8.81. The van der Waals surface area contributed by atoms with Crippen LogP contribution >= 0.6 is 0 Å². The topological polar surface area (TPSA) is 51.8 Å². The molecule has 2 N–H and O–H groups in total. The number of hydrogen-bond acceptors (Lipinski definition) is 3. The minimum Gasteiger partial charge on any atom is -0.368 e. The number of hydrogen-bond donors (Lipinski definition) is 1. The second-order valence-electron chi connectivity index (χ2n) is 10.9. The number of aryl methyl sites for hydroxylation is 1. The normalized spacial score (nSPS) is 18.9. The summed E-state index contributed by atoms with van der Waals surface area (Å²) >= 11 is 0. The fourth-order valence-electron chi connectivity index (χ4n) is 7.06. The van der Waals surface area contributed by atoms with Crippen LogP contribution in [0.4, 0.5) is 5.95 Å². The first kappa shape index (κ1) is 22.5. The number of fused-ring (bicyclic) bond motifs is 5. The molecule has 1 atom stereocenters. The molecule has 0 bridgehead atoms. The number of nitrogens with two attached hydrogens (primary N) is 1. The van der Waals surface area contributed by atoms with Gasteiger partial charge >= 0.3 is 0 Å². The molecule has 1 heterocycles. The summed E-state index contributed by atoms with van der Waals surface area (Å²) in [6.07, 6.45) is 14.1. The van der Waals surface area contributed by atoms with Crippen molar-refractivity contribution in [1.29, 1.82) is 0 Å². The van der Waals surface area contributed by atoms with Gasteiger partial charge in [-0.25, -0.2) is 9.97 Å². The molecule has 0 saturated heterocycles. The fraction of sp³-hybridized carbons (Fsp3) is 0.294. The van der Waals surface area contributed by atoms with E-state index in [1.165, 1.54) is 82.2 Å². The first-order chi connectivity index (χ1) is 18.3. The zero-order valence-corrected chi connectivity index (χ0v) is 21.3. The van der Waals surface area contributed by atoms with Gasteiger partial charge in [0.1, 0.15) is 0 Å². The average Bonchev–Trinajstić information content (AvgIpc) is 2.96. The van der Waals surface area contributed by atoms with Crippen molar-refractivity contribution in [2.45, 2.75) is 63.2 Å². The molecule has 0 spiro atoms. The van der Waals surface area contributed by atoms with Gasteiger partial charge in [-0.15, -0.1) is 0 Å². The molecule has 0 amide bonds. The molecule has 3 aromatic carbocycles. The first-order valence-electron chi connectivity index (χ1n) is 13.9. The van der Waals surface area contributed by atoms with E-state index in [1.807, 2.05) is 6.07 Å². The number of anilines is 1. The Bertz CT molecular complexity index is 1490. The minimum absolute atomic E-state index is 0.140. The van der Waals surface area contributed by atoms with Gasteiger partial charge in [-0.2, -0.15) is 0 Å². The monoisotopic (exact) mass is 483 g/mol. The Balaban J connectivity index is 1.35. The minimum atomic E-state index is 0.140. The van der Waals surface area contributed by atoms with E-state index in [2.05, 4.69) is 76.7 Å². The number of nitrogens with zero attached hydrogens (tertiary/aromatic N) is 2. The summed E-state index contributed by atoms with van der Waals surface area (Å²) in [5, 5.41) is 0. The van der Waals surface area contributed by atoms with Gasteiger partial charge in [-0.3, -0.25) is 0 Å². The molecule has 1 saturated carbocycles. The molecule has 7 rings (SSSR count). The van der Waals surface area contributed by atoms with Crippen molar-refractivity contribution in [2.75, 3.05) is 5.73 Å². The first-order valence-corrected chi connectivity index (χ1v) is 13.9. The Morgan fingerprint density at radius 3 is 2.38 bits per heavy atom. The van der Waals surface area contributed by atoms with E-state index in [9.17, 15) is 0 Å². The van der Waals surface area contributed by atoms with E-state index in [-0.39, 0.29) is 5.92 Å². The van der Waals surface area contributed by atoms with E-state index in [0.29, 0.717) is 11.9 Å². The molecule has 4 aromatic rings. The van der Waals surface area contributed by atoms with Crippen LogP contribution in [0, 0.1) is 0 Å². The molecular weight excluding hydrogens is 450 g/mol. The maximum absolute atomic E-state index is 6.03. The smallest absolute Gasteiger partial charge is 0.220 e. The van der Waals surface area contributed by atoms with E-state index < -0.39 is 0 Å². The highest BCUT2D eigenvalue weighted by Gasteiger charge is 2.31. The SMILES string of the molecule is Nc1nccc(C2=CCc3c(ccc4c3CCc3ccccc3-4)C2c2ccc(C3CCCCC3)cc2)n1. The van der Waals surface area contributed by atoms with Crippen LogP contribution in [0.1, 0.15) is 83.0 Å². The quantitative estimate of drug-likeness (QED) is 0.326. The van der Waals surface area contributed by atoms with Crippen molar-refractivity contribution in [1.82, 2.24) is 9.97 Å². The molecular formula is C34H33N3. The lowest BCUT2D eigenvalue weighted by Crippen LogP contribution is -2.17. The van der Waals surface area contributed by atoms with Crippen LogP contribution in [-0.4, -0.2) is 9.97 Å². The van der Waals surface area contributed by atoms with Crippen LogP contribution in [0.2, 0.25) is 0 Å². The van der Waals surface area contributed by atoms with Crippen molar-refractivity contribution in [3.63, 3.8) is 0 Å². The van der Waals surface area contributed by atoms with E-state index in [4.69, 9.17) is 5.73 Å². The predicted molar refractivity (Wildman–Crippen MR) is 152 cm³/mol. The Labute approximate surface area is 219 Å². The van der Waals surface area contributed by atoms with Crippen LogP contribution in [0.3, 0.4) is 0 Å². The highest BCUT2D eigenvalue weighted by atomic mass is 15.0. The Morgan fingerprint density at radius 1 is 0.730 bits per heavy atom. The molecule has 1 fully saturated rings. The van der Waals surface area contributed by atoms with Crippen LogP contribution in [-0.2, 0) is 19.3 Å². The number of rotatable bonds is 3. The summed E-state index contributed by atoms with van der Waals surface area (Å²) in [6, 6.07) is 25.2. The lowest BCUT2D eigenvalue weighted by molar-refractivity contribution is 0.443. The van der Waals surface area contributed by atoms with Crippen LogP contribution in [0.25, 0.3) is 16.7 Å². The molecule has 3 heteroatoms. The number of allylic oxidation sites excluding steroid dienone is 2. The highest BCUT2D eigenvalue weighted by Crippen LogP contribution is 2.47. The summed E-state index contributed by atoms with van der Waals surface area (Å²) in [6.45, 7) is 0. The fourth-order valence-corrected chi connectivity index (χ4v) is 7.06. The van der Waals surface area contributed by atoms with E-state index in [0.717, 1.165) is 25.0 Å². The maximum atomic E-state index is 6.03. The lowest BCUT2D eigenvalue weighted by Gasteiger charge is -2.32. The van der Waals surface area contributed by atoms with Gasteiger partial charge in [0.25, 0.3) is 0 Å². The number of benzene rings is 3. The van der Waals surface area contributed by atoms with Gasteiger partial charge in [-0.1, -0.05) is 86.0 Å². The summed E-state index contributed by atoms with van der Waals surface area (Å²) in [5.41, 5.74) is 19.8. The number of nitrogen functional groups attached to an aromatic ring is 1. The molecule has 184 valence electrons. The van der Waals surface area contributed by atoms with Gasteiger partial charge < -0.3 is 5.73 Å². The summed E-state index contributed by atoms with van der Waals surface area (Å²) in [7, 11) is 0. The lowest BCUT2D eigenvalue weighted by atomic mass is 9.72. The molecule has 3 nitrogen and oxygen atoms in total. The van der Waals surface area contributed by atoms with Crippen LogP contribution in [0.15, 0.2) is 79.0 Å². The van der Waals surface area contributed by atoms with Crippen molar-refractivity contribution in [3.8, 4) is 11.1 Å². The van der Waals surface area contributed by atoms with Gasteiger partial charge in [0.15, 0.2) is 0 Å². The van der Waals surface area contributed by atoms with E-state index >= 15 is 0 Å². The van der Waals surface area contributed by atoms with Crippen molar-refractivity contribution < 1.29 is 0 Å². The standard InChI is InChI=1S/C34H33N3/c35-34-36-21-20-32(37-34)31-19-17-29-28-15-14-24-8-4-5-9-26(24)27(28)16-18-30(29)33(31)25-12-10-23(11-13-25)22-6-2-1-3-7-22/h4-5,8-13,16,18-22,33H,1-3,6-7,14-15,17H2,(H2,35,36,37). The largest absolute Gasteiger partial charge is 0.368 e. The average molecular weight is 484 g/mol. The summed E-state index contributed by atoms with van der Waals surface area (Å²) in [5.74, 6) is 1.18. The molecule has 3 aliphatic carbocycles. The highest BCUT2D eigenvalue weighted by molar-refractivity contribution is 5.81. The van der Waals surface area contributed by atoms with Gasteiger partial charge in [0.05, 0.1) is 5.69 Å². The van der Waals surface area contributed by atoms with Crippen molar-refractivity contribution >= 4 is 11.5 Å². The van der Waals surface area contributed by atoms with Crippen LogP contribution in [0.5, 0.6) is 0 Å². The second-order valence-corrected chi connectivity index (χ2v) is 10.9. The Morgan fingerprint density at radius 2 is 1.54 bits per heavy atom. The Kier molecular flexibility index (Phi) is 5.65.